The van der Waals surface area contributed by atoms with Gasteiger partial charge in [-0.3, -0.25) is 4.79 Å². The average Bonchev–Trinajstić information content (AvgIpc) is 2.30. The van der Waals surface area contributed by atoms with Crippen molar-refractivity contribution >= 4 is 5.91 Å². The summed E-state index contributed by atoms with van der Waals surface area (Å²) in [5.74, 6) is -1.93. The van der Waals surface area contributed by atoms with E-state index in [0.717, 1.165) is 18.6 Å². The van der Waals surface area contributed by atoms with Crippen LogP contribution in [0.2, 0.25) is 0 Å². The van der Waals surface area contributed by atoms with Crippen molar-refractivity contribution < 1.29 is 13.6 Å². The molecule has 1 aromatic rings. The Labute approximate surface area is 105 Å². The largest absolute Gasteiger partial charge is 0.340 e. The molecule has 2 rings (SSSR count). The molecule has 2 N–H and O–H groups in total. The molecule has 0 atom stereocenters. The number of amides is 1. The van der Waals surface area contributed by atoms with E-state index in [1.54, 1.807) is 7.05 Å². The van der Waals surface area contributed by atoms with E-state index in [2.05, 4.69) is 0 Å². The summed E-state index contributed by atoms with van der Waals surface area (Å²) in [6.45, 7) is 0.231. The van der Waals surface area contributed by atoms with Gasteiger partial charge in [0.15, 0.2) is 11.6 Å². The number of carbonyl (C=O) groups excluding carboxylic acids is 1. The van der Waals surface area contributed by atoms with Crippen LogP contribution >= 0.6 is 0 Å². The van der Waals surface area contributed by atoms with Gasteiger partial charge in [-0.15, -0.1) is 0 Å². The van der Waals surface area contributed by atoms with E-state index in [9.17, 15) is 13.6 Å². The zero-order valence-corrected chi connectivity index (χ0v) is 10.2. The lowest BCUT2D eigenvalue weighted by atomic mass is 9.76. The van der Waals surface area contributed by atoms with E-state index in [4.69, 9.17) is 5.73 Å². The van der Waals surface area contributed by atoms with Crippen LogP contribution in [-0.4, -0.2) is 23.4 Å². The molecule has 1 saturated carbocycles. The highest BCUT2D eigenvalue weighted by atomic mass is 19.2. The predicted molar refractivity (Wildman–Crippen MR) is 63.6 cm³/mol. The van der Waals surface area contributed by atoms with Crippen molar-refractivity contribution in [3.8, 4) is 0 Å². The molecule has 0 radical (unpaired) electrons. The minimum absolute atomic E-state index is 0.140. The number of carbonyl (C=O) groups is 1. The highest BCUT2D eigenvalue weighted by Crippen LogP contribution is 2.31. The molecular weight excluding hydrogens is 238 g/mol. The molecule has 1 aromatic carbocycles. The summed E-state index contributed by atoms with van der Waals surface area (Å²) in [5, 5.41) is 0. The fourth-order valence-electron chi connectivity index (χ4n) is 2.14. The second-order valence-electron chi connectivity index (χ2n) is 4.92. The van der Waals surface area contributed by atoms with Crippen molar-refractivity contribution in [2.45, 2.75) is 31.3 Å². The summed E-state index contributed by atoms with van der Waals surface area (Å²) in [6.07, 6.45) is 2.34. The number of hydrogen-bond donors (Lipinski definition) is 1. The second kappa shape index (κ2) is 4.65. The van der Waals surface area contributed by atoms with Crippen LogP contribution in [0.25, 0.3) is 0 Å². The van der Waals surface area contributed by atoms with E-state index in [1.807, 2.05) is 0 Å². The Hall–Kier alpha value is -1.49. The average molecular weight is 254 g/mol. The number of likely N-dealkylation sites (N-methyl/N-ethyl adjacent to an activating group) is 1. The fraction of sp³-hybridized carbons (Fsp3) is 0.462. The second-order valence-corrected chi connectivity index (χ2v) is 4.92. The van der Waals surface area contributed by atoms with E-state index in [1.165, 1.54) is 11.0 Å². The third-order valence-corrected chi connectivity index (χ3v) is 3.42. The Morgan fingerprint density at radius 2 is 2.06 bits per heavy atom. The molecule has 98 valence electrons. The molecule has 1 aliphatic rings. The van der Waals surface area contributed by atoms with Crippen LogP contribution in [0.4, 0.5) is 8.78 Å². The normalized spacial score (nSPS) is 17.1. The zero-order chi connectivity index (χ0) is 13.3. The van der Waals surface area contributed by atoms with Crippen LogP contribution in [0, 0.1) is 11.6 Å². The third kappa shape index (κ3) is 2.36. The molecule has 0 saturated heterocycles. The topological polar surface area (TPSA) is 46.3 Å². The van der Waals surface area contributed by atoms with Crippen molar-refractivity contribution in [3.05, 3.63) is 35.4 Å². The van der Waals surface area contributed by atoms with Crippen LogP contribution in [-0.2, 0) is 11.3 Å². The Morgan fingerprint density at radius 3 is 2.56 bits per heavy atom. The minimum Gasteiger partial charge on any atom is -0.340 e. The summed E-state index contributed by atoms with van der Waals surface area (Å²) >= 11 is 0. The molecule has 18 heavy (non-hydrogen) atoms. The number of nitrogens with zero attached hydrogens (tertiary/aromatic N) is 1. The zero-order valence-electron chi connectivity index (χ0n) is 10.2. The van der Waals surface area contributed by atoms with Gasteiger partial charge in [0, 0.05) is 13.6 Å². The molecule has 1 amide bonds. The predicted octanol–water partition coefficient (Wildman–Crippen LogP) is 1.80. The van der Waals surface area contributed by atoms with E-state index in [0.29, 0.717) is 18.4 Å². The van der Waals surface area contributed by atoms with Crippen molar-refractivity contribution in [1.29, 1.82) is 0 Å². The lowest BCUT2D eigenvalue weighted by molar-refractivity contribution is -0.139. The van der Waals surface area contributed by atoms with Crippen molar-refractivity contribution in [1.82, 2.24) is 4.90 Å². The standard InChI is InChI=1S/C13H16F2N2O/c1-17(12(18)13(16)5-2-6-13)8-9-3-4-10(14)11(15)7-9/h3-4,7H,2,5-6,8,16H2,1H3. The quantitative estimate of drug-likeness (QED) is 0.894. The number of rotatable bonds is 3. The Bertz CT molecular complexity index is 472. The van der Waals surface area contributed by atoms with Gasteiger partial charge in [-0.1, -0.05) is 6.07 Å². The molecule has 0 unspecified atom stereocenters. The molecule has 1 fully saturated rings. The van der Waals surface area contributed by atoms with Crippen molar-refractivity contribution in [3.63, 3.8) is 0 Å². The van der Waals surface area contributed by atoms with Gasteiger partial charge in [-0.2, -0.15) is 0 Å². The minimum atomic E-state index is -0.903. The van der Waals surface area contributed by atoms with Gasteiger partial charge in [0.2, 0.25) is 5.91 Å². The van der Waals surface area contributed by atoms with Crippen LogP contribution < -0.4 is 5.73 Å². The monoisotopic (exact) mass is 254 g/mol. The SMILES string of the molecule is CN(Cc1ccc(F)c(F)c1)C(=O)C1(N)CCC1. The van der Waals surface area contributed by atoms with Crippen LogP contribution in [0.5, 0.6) is 0 Å². The van der Waals surface area contributed by atoms with E-state index >= 15 is 0 Å². The van der Waals surface area contributed by atoms with Gasteiger partial charge in [-0.25, -0.2) is 8.78 Å². The first-order valence-corrected chi connectivity index (χ1v) is 5.91. The van der Waals surface area contributed by atoms with Gasteiger partial charge in [0.1, 0.15) is 0 Å². The lowest BCUT2D eigenvalue weighted by Gasteiger charge is -2.39. The number of benzene rings is 1. The molecule has 0 aromatic heterocycles. The van der Waals surface area contributed by atoms with Crippen molar-refractivity contribution in [2.75, 3.05) is 7.05 Å². The third-order valence-electron chi connectivity index (χ3n) is 3.42. The lowest BCUT2D eigenvalue weighted by Crippen LogP contribution is -2.58. The molecule has 0 heterocycles. The van der Waals surface area contributed by atoms with Gasteiger partial charge in [-0.05, 0) is 37.0 Å². The van der Waals surface area contributed by atoms with Crippen LogP contribution in [0.1, 0.15) is 24.8 Å². The number of hydrogen-bond acceptors (Lipinski definition) is 2. The first-order chi connectivity index (χ1) is 8.42. The molecule has 0 bridgehead atoms. The van der Waals surface area contributed by atoms with Gasteiger partial charge in [0.05, 0.1) is 5.54 Å². The van der Waals surface area contributed by atoms with Gasteiger partial charge >= 0.3 is 0 Å². The highest BCUT2D eigenvalue weighted by molar-refractivity contribution is 5.86. The first kappa shape index (κ1) is 13.0. The maximum atomic E-state index is 13.0. The summed E-state index contributed by atoms with van der Waals surface area (Å²) < 4.78 is 25.8. The maximum Gasteiger partial charge on any atom is 0.242 e. The first-order valence-electron chi connectivity index (χ1n) is 5.91. The summed E-state index contributed by atoms with van der Waals surface area (Å²) in [6, 6.07) is 3.62. The van der Waals surface area contributed by atoms with E-state index < -0.39 is 17.2 Å². The highest BCUT2D eigenvalue weighted by Gasteiger charge is 2.41. The maximum absolute atomic E-state index is 13.0. The fourth-order valence-corrected chi connectivity index (χ4v) is 2.14. The number of halogens is 2. The van der Waals surface area contributed by atoms with Crippen molar-refractivity contribution in [2.24, 2.45) is 5.73 Å². The van der Waals surface area contributed by atoms with Gasteiger partial charge < -0.3 is 10.6 Å². The summed E-state index contributed by atoms with van der Waals surface area (Å²) in [5.41, 5.74) is 5.72. The van der Waals surface area contributed by atoms with Crippen LogP contribution in [0.15, 0.2) is 18.2 Å². The van der Waals surface area contributed by atoms with Gasteiger partial charge in [0.25, 0.3) is 0 Å². The smallest absolute Gasteiger partial charge is 0.242 e. The Balaban J connectivity index is 2.04. The van der Waals surface area contributed by atoms with Crippen LogP contribution in [0.3, 0.4) is 0 Å². The molecule has 5 heteroatoms. The van der Waals surface area contributed by atoms with E-state index in [-0.39, 0.29) is 12.5 Å². The molecule has 3 nitrogen and oxygen atoms in total. The Morgan fingerprint density at radius 1 is 1.39 bits per heavy atom. The Kier molecular flexibility index (Phi) is 3.34. The summed E-state index contributed by atoms with van der Waals surface area (Å²) in [4.78, 5) is 13.5. The summed E-state index contributed by atoms with van der Waals surface area (Å²) in [7, 11) is 1.62. The molecular formula is C13H16F2N2O. The molecule has 0 spiro atoms. The molecule has 0 aliphatic heterocycles. The molecule has 1 aliphatic carbocycles. The number of nitrogens with two attached hydrogens (primary N) is 1.